The highest BCUT2D eigenvalue weighted by Crippen LogP contribution is 2.45. The molecule has 0 saturated carbocycles. The summed E-state index contributed by atoms with van der Waals surface area (Å²) in [4.78, 5) is 6.17. The summed E-state index contributed by atoms with van der Waals surface area (Å²) in [6.45, 7) is 3.52. The van der Waals surface area contributed by atoms with Crippen molar-refractivity contribution in [2.45, 2.75) is 25.2 Å². The Kier molecular flexibility index (Phi) is 2.55. The molecular weight excluding hydrogens is 234 g/mol. The minimum Gasteiger partial charge on any atom is -0.358 e. The van der Waals surface area contributed by atoms with E-state index in [1.54, 1.807) is 5.56 Å². The third-order valence-corrected chi connectivity index (χ3v) is 4.77. The van der Waals surface area contributed by atoms with Gasteiger partial charge in [-0.1, -0.05) is 6.07 Å². The van der Waals surface area contributed by atoms with Crippen LogP contribution in [-0.4, -0.2) is 31.7 Å². The molecule has 19 heavy (non-hydrogen) atoms. The van der Waals surface area contributed by atoms with Crippen molar-refractivity contribution in [1.82, 2.24) is 10.3 Å². The van der Waals surface area contributed by atoms with Gasteiger partial charge in [-0.25, -0.2) is 0 Å². The lowest BCUT2D eigenvalue weighted by molar-refractivity contribution is 0.475. The van der Waals surface area contributed by atoms with Crippen LogP contribution in [-0.2, 0) is 6.42 Å². The highest BCUT2D eigenvalue weighted by Gasteiger charge is 2.33. The van der Waals surface area contributed by atoms with E-state index in [1.165, 1.54) is 48.2 Å². The molecule has 3 aliphatic rings. The van der Waals surface area contributed by atoms with Crippen molar-refractivity contribution in [1.29, 1.82) is 0 Å². The molecule has 3 aliphatic heterocycles. The van der Waals surface area contributed by atoms with Crippen LogP contribution in [0, 0.1) is 0 Å². The van der Waals surface area contributed by atoms with Crippen molar-refractivity contribution in [3.8, 4) is 0 Å². The molecule has 0 radical (unpaired) electrons. The fourth-order valence-electron chi connectivity index (χ4n) is 3.72. The fraction of sp³-hybridized carbons (Fsp3) is 0.500. The molecule has 1 aromatic heterocycles. The van der Waals surface area contributed by atoms with Crippen LogP contribution in [0.15, 0.2) is 18.2 Å². The first-order valence-corrected chi connectivity index (χ1v) is 7.41. The molecule has 0 atom stereocenters. The van der Waals surface area contributed by atoms with Crippen LogP contribution in [0.1, 0.15) is 29.9 Å². The molecule has 0 aliphatic carbocycles. The van der Waals surface area contributed by atoms with Gasteiger partial charge >= 0.3 is 0 Å². The summed E-state index contributed by atoms with van der Waals surface area (Å²) >= 11 is 0. The number of hydrogen-bond donors (Lipinski definition) is 2. The van der Waals surface area contributed by atoms with Gasteiger partial charge in [0.1, 0.15) is 5.82 Å². The number of nitrogens with zero attached hydrogens (tertiary/aromatic N) is 1. The Hall–Kier alpha value is -1.48. The van der Waals surface area contributed by atoms with E-state index in [2.05, 4.69) is 33.4 Å². The summed E-state index contributed by atoms with van der Waals surface area (Å²) in [6, 6.07) is 6.93. The third-order valence-electron chi connectivity index (χ3n) is 4.77. The average molecular weight is 255 g/mol. The van der Waals surface area contributed by atoms with Crippen molar-refractivity contribution >= 4 is 16.7 Å². The maximum Gasteiger partial charge on any atom is 0.110 e. The minimum atomic E-state index is 0.785. The number of aromatic amines is 1. The third kappa shape index (κ3) is 1.68. The van der Waals surface area contributed by atoms with E-state index < -0.39 is 0 Å². The topological polar surface area (TPSA) is 31.1 Å². The lowest BCUT2D eigenvalue weighted by Gasteiger charge is -2.40. The normalized spacial score (nSPS) is 18.3. The average Bonchev–Trinajstić information content (AvgIpc) is 2.87. The smallest absolute Gasteiger partial charge is 0.110 e. The maximum absolute atomic E-state index is 3.64. The molecule has 1 fully saturated rings. The first-order valence-electron chi connectivity index (χ1n) is 7.41. The largest absolute Gasteiger partial charge is 0.358 e. The van der Waals surface area contributed by atoms with E-state index in [9.17, 15) is 0 Å². The Morgan fingerprint density at radius 3 is 2.95 bits per heavy atom. The van der Waals surface area contributed by atoms with Crippen LogP contribution < -0.4 is 10.2 Å². The van der Waals surface area contributed by atoms with Gasteiger partial charge in [-0.15, -0.1) is 0 Å². The lowest BCUT2D eigenvalue weighted by Crippen LogP contribution is -2.38. The van der Waals surface area contributed by atoms with Crippen LogP contribution in [0.25, 0.3) is 10.9 Å². The van der Waals surface area contributed by atoms with Crippen molar-refractivity contribution in [3.05, 3.63) is 29.3 Å². The summed E-state index contributed by atoms with van der Waals surface area (Å²) in [5, 5.41) is 4.70. The maximum atomic E-state index is 3.64. The first kappa shape index (κ1) is 11.4. The molecule has 0 amide bonds. The summed E-state index contributed by atoms with van der Waals surface area (Å²) in [5.41, 5.74) is 4.36. The number of anilines is 1. The van der Waals surface area contributed by atoms with E-state index in [0.717, 1.165) is 18.9 Å². The summed E-state index contributed by atoms with van der Waals surface area (Å²) in [5.74, 6) is 2.19. The van der Waals surface area contributed by atoms with E-state index >= 15 is 0 Å². The molecule has 5 rings (SSSR count). The minimum absolute atomic E-state index is 0.785. The predicted octanol–water partition coefficient (Wildman–Crippen LogP) is 2.63. The highest BCUT2D eigenvalue weighted by atomic mass is 15.2. The van der Waals surface area contributed by atoms with Gasteiger partial charge < -0.3 is 15.2 Å². The van der Waals surface area contributed by atoms with Gasteiger partial charge in [0, 0.05) is 29.6 Å². The van der Waals surface area contributed by atoms with E-state index in [0.29, 0.717) is 0 Å². The molecule has 1 aromatic carbocycles. The van der Waals surface area contributed by atoms with Crippen LogP contribution >= 0.6 is 0 Å². The monoisotopic (exact) mass is 255 g/mol. The number of likely N-dealkylation sites (N-methyl/N-ethyl adjacent to an activating group) is 1. The standard InChI is InChI=1S/C16H21N3/c1-17-7-4-11-2-3-14-13(10-11)15-12-5-8-19(9-6-12)16(15)18-14/h2-3,10,12,17-18H,4-9H2,1H3. The summed E-state index contributed by atoms with van der Waals surface area (Å²) in [7, 11) is 2.02. The van der Waals surface area contributed by atoms with Gasteiger partial charge in [-0.2, -0.15) is 0 Å². The van der Waals surface area contributed by atoms with Gasteiger partial charge in [-0.3, -0.25) is 0 Å². The van der Waals surface area contributed by atoms with Gasteiger partial charge in [0.05, 0.1) is 0 Å². The second kappa shape index (κ2) is 4.27. The van der Waals surface area contributed by atoms with Crippen LogP contribution in [0.2, 0.25) is 0 Å². The number of aromatic nitrogens is 1. The van der Waals surface area contributed by atoms with Crippen molar-refractivity contribution < 1.29 is 0 Å². The number of rotatable bonds is 3. The SMILES string of the molecule is CNCCc1ccc2[nH]c3c(c2c1)C1CCN3CC1. The Morgan fingerprint density at radius 1 is 1.32 bits per heavy atom. The zero-order valence-corrected chi connectivity index (χ0v) is 11.5. The quantitative estimate of drug-likeness (QED) is 0.883. The van der Waals surface area contributed by atoms with Gasteiger partial charge in [0.15, 0.2) is 0 Å². The van der Waals surface area contributed by atoms with Crippen LogP contribution in [0.5, 0.6) is 0 Å². The van der Waals surface area contributed by atoms with Gasteiger partial charge in [-0.05, 0) is 56.5 Å². The molecule has 1 saturated heterocycles. The Bertz CT molecular complexity index is 606. The number of nitrogens with one attached hydrogen (secondary N) is 2. The first-order chi connectivity index (χ1) is 9.36. The fourth-order valence-corrected chi connectivity index (χ4v) is 3.72. The summed E-state index contributed by atoms with van der Waals surface area (Å²) in [6.07, 6.45) is 3.78. The number of piperidine rings is 1. The molecule has 2 N–H and O–H groups in total. The second-order valence-electron chi connectivity index (χ2n) is 5.88. The molecule has 2 aromatic rings. The molecule has 0 spiro atoms. The van der Waals surface area contributed by atoms with E-state index in [1.807, 2.05) is 7.05 Å². The van der Waals surface area contributed by atoms with Crippen LogP contribution in [0.4, 0.5) is 5.82 Å². The number of H-pyrrole nitrogens is 1. The number of hydrogen-bond acceptors (Lipinski definition) is 2. The second-order valence-corrected chi connectivity index (χ2v) is 5.88. The van der Waals surface area contributed by atoms with Crippen LogP contribution in [0.3, 0.4) is 0 Å². The molecular formula is C16H21N3. The lowest BCUT2D eigenvalue weighted by atomic mass is 9.84. The van der Waals surface area contributed by atoms with Crippen molar-refractivity contribution in [2.24, 2.45) is 0 Å². The molecule has 100 valence electrons. The van der Waals surface area contributed by atoms with E-state index in [4.69, 9.17) is 0 Å². The molecule has 3 nitrogen and oxygen atoms in total. The molecule has 0 unspecified atom stereocenters. The number of benzene rings is 1. The molecule has 4 heterocycles. The molecule has 2 bridgehead atoms. The van der Waals surface area contributed by atoms with Crippen molar-refractivity contribution in [2.75, 3.05) is 31.6 Å². The number of fused-ring (bicyclic) bond motifs is 3. The zero-order valence-electron chi connectivity index (χ0n) is 11.5. The van der Waals surface area contributed by atoms with Gasteiger partial charge in [0.25, 0.3) is 0 Å². The predicted molar refractivity (Wildman–Crippen MR) is 80.1 cm³/mol. The van der Waals surface area contributed by atoms with Gasteiger partial charge in [0.2, 0.25) is 0 Å². The van der Waals surface area contributed by atoms with Crippen molar-refractivity contribution in [3.63, 3.8) is 0 Å². The van der Waals surface area contributed by atoms with E-state index in [-0.39, 0.29) is 0 Å². The zero-order chi connectivity index (χ0) is 12.8. The Balaban J connectivity index is 1.83. The molecule has 3 heteroatoms. The Labute approximate surface area is 114 Å². The Morgan fingerprint density at radius 2 is 2.16 bits per heavy atom. The summed E-state index contributed by atoms with van der Waals surface area (Å²) < 4.78 is 0. The highest BCUT2D eigenvalue weighted by molar-refractivity contribution is 5.91.